The lowest BCUT2D eigenvalue weighted by Gasteiger charge is -2.41. The number of ether oxygens (including phenoxy) is 3. The van der Waals surface area contributed by atoms with Crippen molar-refractivity contribution in [3.8, 4) is 0 Å². The highest BCUT2D eigenvalue weighted by Crippen LogP contribution is 2.25. The van der Waals surface area contributed by atoms with E-state index in [0.29, 0.717) is 0 Å². The van der Waals surface area contributed by atoms with Gasteiger partial charge in [-0.25, -0.2) is 0 Å². The fraction of sp³-hybridized carbons (Fsp3) is 0.833. The lowest BCUT2D eigenvalue weighted by Crippen LogP contribution is -2.60. The van der Waals surface area contributed by atoms with Crippen molar-refractivity contribution in [3.05, 3.63) is 12.3 Å². The van der Waals surface area contributed by atoms with Crippen molar-refractivity contribution >= 4 is 0 Å². The average Bonchev–Trinajstić information content (AvgIpc) is 2.44. The van der Waals surface area contributed by atoms with E-state index in [1.165, 1.54) is 12.3 Å². The minimum atomic E-state index is -1.51. The first-order chi connectivity index (χ1) is 9.45. The Morgan fingerprint density at radius 3 is 2.40 bits per heavy atom. The van der Waals surface area contributed by atoms with Gasteiger partial charge in [-0.1, -0.05) is 0 Å². The quantitative estimate of drug-likeness (QED) is 0.385. The van der Waals surface area contributed by atoms with Gasteiger partial charge < -0.3 is 39.7 Å². The summed E-state index contributed by atoms with van der Waals surface area (Å²) in [4.78, 5) is 0. The van der Waals surface area contributed by atoms with Crippen molar-refractivity contribution < 1.29 is 39.7 Å². The van der Waals surface area contributed by atoms with Crippen molar-refractivity contribution in [3.63, 3.8) is 0 Å². The SMILES string of the molecule is C[C@@H]1OC=C[C@H](O[C@@H]2O[C@H](CO)[C@@H](O)[C@H](O)[C@H]2O)[C@@H]1O. The Kier molecular flexibility index (Phi) is 4.97. The fourth-order valence-corrected chi connectivity index (χ4v) is 2.17. The van der Waals surface area contributed by atoms with Crippen LogP contribution in [0, 0.1) is 0 Å². The maximum atomic E-state index is 9.90. The molecular weight excluding hydrogens is 272 g/mol. The zero-order valence-electron chi connectivity index (χ0n) is 10.9. The third-order valence-electron chi connectivity index (χ3n) is 3.52. The molecule has 5 N–H and O–H groups in total. The van der Waals surface area contributed by atoms with Crippen LogP contribution in [0.5, 0.6) is 0 Å². The zero-order chi connectivity index (χ0) is 14.9. The fourth-order valence-electron chi connectivity index (χ4n) is 2.17. The molecule has 2 aliphatic heterocycles. The predicted molar refractivity (Wildman–Crippen MR) is 64.3 cm³/mol. The van der Waals surface area contributed by atoms with Gasteiger partial charge in [0, 0.05) is 0 Å². The second-order valence-corrected chi connectivity index (χ2v) is 4.96. The molecular formula is C12H20O8. The Labute approximate surface area is 115 Å². The molecule has 1 fully saturated rings. The van der Waals surface area contributed by atoms with Crippen LogP contribution >= 0.6 is 0 Å². The highest BCUT2D eigenvalue weighted by atomic mass is 16.7. The summed E-state index contributed by atoms with van der Waals surface area (Å²) >= 11 is 0. The Morgan fingerprint density at radius 2 is 1.75 bits per heavy atom. The topological polar surface area (TPSA) is 129 Å². The first kappa shape index (κ1) is 15.6. The summed E-state index contributed by atoms with van der Waals surface area (Å²) in [5.41, 5.74) is 0. The van der Waals surface area contributed by atoms with Gasteiger partial charge in [-0.2, -0.15) is 0 Å². The molecule has 0 aromatic carbocycles. The van der Waals surface area contributed by atoms with Crippen molar-refractivity contribution in [2.45, 2.75) is 55.9 Å². The lowest BCUT2D eigenvalue weighted by molar-refractivity contribution is -0.315. The molecule has 8 atom stereocenters. The van der Waals surface area contributed by atoms with Crippen LogP contribution in [0.15, 0.2) is 12.3 Å². The lowest BCUT2D eigenvalue weighted by atomic mass is 9.99. The molecule has 0 unspecified atom stereocenters. The maximum absolute atomic E-state index is 9.90. The molecule has 2 aliphatic rings. The van der Waals surface area contributed by atoms with Crippen LogP contribution in [0.1, 0.15) is 6.92 Å². The van der Waals surface area contributed by atoms with Crippen molar-refractivity contribution in [2.75, 3.05) is 6.61 Å². The van der Waals surface area contributed by atoms with Gasteiger partial charge in [0.15, 0.2) is 6.29 Å². The van der Waals surface area contributed by atoms with E-state index in [4.69, 9.17) is 19.3 Å². The highest BCUT2D eigenvalue weighted by molar-refractivity contribution is 4.98. The Morgan fingerprint density at radius 1 is 1.05 bits per heavy atom. The van der Waals surface area contributed by atoms with Crippen LogP contribution in [0.3, 0.4) is 0 Å². The molecule has 8 heteroatoms. The average molecular weight is 292 g/mol. The molecule has 20 heavy (non-hydrogen) atoms. The van der Waals surface area contributed by atoms with Crippen LogP contribution in [-0.4, -0.2) is 81.2 Å². The summed E-state index contributed by atoms with van der Waals surface area (Å²) in [7, 11) is 0. The summed E-state index contributed by atoms with van der Waals surface area (Å²) < 4.78 is 15.7. The Balaban J connectivity index is 2.04. The van der Waals surface area contributed by atoms with Crippen LogP contribution in [0.25, 0.3) is 0 Å². The van der Waals surface area contributed by atoms with Crippen molar-refractivity contribution in [1.82, 2.24) is 0 Å². The number of aliphatic hydroxyl groups is 5. The van der Waals surface area contributed by atoms with E-state index >= 15 is 0 Å². The second-order valence-electron chi connectivity index (χ2n) is 4.96. The molecule has 0 aromatic rings. The molecule has 2 heterocycles. The first-order valence-corrected chi connectivity index (χ1v) is 6.42. The monoisotopic (exact) mass is 292 g/mol. The van der Waals surface area contributed by atoms with Crippen LogP contribution in [0.4, 0.5) is 0 Å². The van der Waals surface area contributed by atoms with Gasteiger partial charge in [0.25, 0.3) is 0 Å². The Hall–Kier alpha value is -0.740. The Bertz CT molecular complexity index is 346. The molecule has 0 radical (unpaired) electrons. The van der Waals surface area contributed by atoms with Gasteiger partial charge in [0.1, 0.15) is 42.7 Å². The van der Waals surface area contributed by atoms with E-state index < -0.39 is 55.6 Å². The van der Waals surface area contributed by atoms with E-state index in [1.807, 2.05) is 0 Å². The third-order valence-corrected chi connectivity index (χ3v) is 3.52. The summed E-state index contributed by atoms with van der Waals surface area (Å²) in [6, 6.07) is 0. The van der Waals surface area contributed by atoms with Gasteiger partial charge in [-0.15, -0.1) is 0 Å². The maximum Gasteiger partial charge on any atom is 0.187 e. The normalized spacial score (nSPS) is 48.9. The molecule has 0 bridgehead atoms. The molecule has 0 amide bonds. The van der Waals surface area contributed by atoms with Gasteiger partial charge in [0.05, 0.1) is 12.9 Å². The van der Waals surface area contributed by atoms with E-state index in [0.717, 1.165) is 0 Å². The largest absolute Gasteiger partial charge is 0.496 e. The molecule has 0 saturated carbocycles. The summed E-state index contributed by atoms with van der Waals surface area (Å²) in [5, 5.41) is 48.1. The molecule has 116 valence electrons. The van der Waals surface area contributed by atoms with E-state index in [2.05, 4.69) is 0 Å². The number of hydrogen-bond acceptors (Lipinski definition) is 8. The minimum Gasteiger partial charge on any atom is -0.496 e. The predicted octanol–water partition coefficient (Wildman–Crippen LogP) is -2.54. The number of hydrogen-bond donors (Lipinski definition) is 5. The summed E-state index contributed by atoms with van der Waals surface area (Å²) in [6.07, 6.45) is -6.20. The van der Waals surface area contributed by atoms with Crippen molar-refractivity contribution in [2.24, 2.45) is 0 Å². The smallest absolute Gasteiger partial charge is 0.187 e. The van der Waals surface area contributed by atoms with Crippen LogP contribution in [-0.2, 0) is 14.2 Å². The van der Waals surface area contributed by atoms with E-state index in [1.54, 1.807) is 6.92 Å². The molecule has 0 aliphatic carbocycles. The van der Waals surface area contributed by atoms with Crippen LogP contribution in [0.2, 0.25) is 0 Å². The van der Waals surface area contributed by atoms with Gasteiger partial charge in [0.2, 0.25) is 0 Å². The standard InChI is InChI=1S/C12H20O8/c1-5-8(14)6(2-3-18-5)19-12-11(17)10(16)9(15)7(4-13)20-12/h2-3,5-17H,4H2,1H3/t5-,6-,7+,8+,9+,10-,11+,12+/m0/s1. The molecule has 2 rings (SSSR count). The molecule has 1 saturated heterocycles. The van der Waals surface area contributed by atoms with Crippen molar-refractivity contribution in [1.29, 1.82) is 0 Å². The minimum absolute atomic E-state index is 0.491. The van der Waals surface area contributed by atoms with Gasteiger partial charge >= 0.3 is 0 Å². The summed E-state index contributed by atoms with van der Waals surface area (Å²) in [6.45, 7) is 1.12. The van der Waals surface area contributed by atoms with E-state index in [-0.39, 0.29) is 0 Å². The number of aliphatic hydroxyl groups excluding tert-OH is 5. The van der Waals surface area contributed by atoms with E-state index in [9.17, 15) is 20.4 Å². The molecule has 0 aromatic heterocycles. The number of rotatable bonds is 3. The molecule has 8 nitrogen and oxygen atoms in total. The zero-order valence-corrected chi connectivity index (χ0v) is 10.9. The molecule has 0 spiro atoms. The summed E-state index contributed by atoms with van der Waals surface area (Å²) in [5.74, 6) is 0. The highest BCUT2D eigenvalue weighted by Gasteiger charge is 2.45. The van der Waals surface area contributed by atoms with Gasteiger partial charge in [-0.05, 0) is 13.0 Å². The van der Waals surface area contributed by atoms with Gasteiger partial charge in [-0.3, -0.25) is 0 Å². The first-order valence-electron chi connectivity index (χ1n) is 6.42. The third kappa shape index (κ3) is 2.96. The second kappa shape index (κ2) is 6.35. The van der Waals surface area contributed by atoms with Crippen LogP contribution < -0.4 is 0 Å².